The van der Waals surface area contributed by atoms with Crippen molar-refractivity contribution in [3.8, 4) is 5.69 Å². The number of aromatic nitrogens is 5. The second-order valence-electron chi connectivity index (χ2n) is 4.91. The molecule has 0 aliphatic rings. The van der Waals surface area contributed by atoms with E-state index in [4.69, 9.17) is 0 Å². The smallest absolute Gasteiger partial charge is 0.237 e. The molecule has 1 amide bonds. The number of aromatic amines is 1. The Hall–Kier alpha value is -2.61. The van der Waals surface area contributed by atoms with Crippen LogP contribution in [0.3, 0.4) is 0 Å². The lowest BCUT2D eigenvalue weighted by atomic mass is 10.3. The molecule has 118 valence electrons. The lowest BCUT2D eigenvalue weighted by molar-refractivity contribution is -0.113. The third-order valence-corrected chi connectivity index (χ3v) is 4.27. The summed E-state index contributed by atoms with van der Waals surface area (Å²) >= 11 is 1.38. The maximum absolute atomic E-state index is 12.0. The number of carbonyl (C=O) groups is 1. The molecule has 0 bridgehead atoms. The minimum absolute atomic E-state index is 0.162. The van der Waals surface area contributed by atoms with Crippen molar-refractivity contribution in [1.82, 2.24) is 24.7 Å². The van der Waals surface area contributed by atoms with Crippen LogP contribution in [0.1, 0.15) is 11.4 Å². The van der Waals surface area contributed by atoms with Gasteiger partial charge in [-0.1, -0.05) is 30.0 Å². The van der Waals surface area contributed by atoms with Crippen LogP contribution in [0, 0.1) is 13.8 Å². The van der Waals surface area contributed by atoms with Crippen LogP contribution in [0.4, 0.5) is 5.95 Å². The van der Waals surface area contributed by atoms with E-state index in [1.54, 1.807) is 0 Å². The molecule has 7 nitrogen and oxygen atoms in total. The highest BCUT2D eigenvalue weighted by Crippen LogP contribution is 2.25. The van der Waals surface area contributed by atoms with E-state index in [0.29, 0.717) is 5.95 Å². The van der Waals surface area contributed by atoms with Crippen molar-refractivity contribution in [1.29, 1.82) is 0 Å². The number of aryl methyl sites for hydroxylation is 1. The Balaban J connectivity index is 1.75. The van der Waals surface area contributed by atoms with Crippen molar-refractivity contribution in [3.05, 3.63) is 48.0 Å². The average Bonchev–Trinajstić information content (AvgIpc) is 3.15. The quantitative estimate of drug-likeness (QED) is 0.702. The van der Waals surface area contributed by atoms with Gasteiger partial charge in [-0.3, -0.25) is 14.7 Å². The molecule has 2 N–H and O–H groups in total. The van der Waals surface area contributed by atoms with Crippen LogP contribution in [0.2, 0.25) is 0 Å². The Kier molecular flexibility index (Phi) is 4.42. The number of nitrogens with zero attached hydrogens (tertiary/aromatic N) is 4. The number of nitrogens with one attached hydrogen (secondary N) is 2. The molecule has 23 heavy (non-hydrogen) atoms. The van der Waals surface area contributed by atoms with Gasteiger partial charge in [0.1, 0.15) is 6.33 Å². The van der Waals surface area contributed by atoms with Gasteiger partial charge in [0.2, 0.25) is 11.9 Å². The van der Waals surface area contributed by atoms with E-state index < -0.39 is 0 Å². The molecule has 0 atom stereocenters. The van der Waals surface area contributed by atoms with Crippen LogP contribution < -0.4 is 5.32 Å². The molecule has 8 heteroatoms. The molecule has 0 saturated carbocycles. The predicted octanol–water partition coefficient (Wildman–Crippen LogP) is 2.34. The summed E-state index contributed by atoms with van der Waals surface area (Å²) in [5.74, 6) is 0.419. The molecular formula is C15H16N6OS. The number of hydrogen-bond donors (Lipinski definition) is 2. The van der Waals surface area contributed by atoms with Crippen molar-refractivity contribution in [2.24, 2.45) is 0 Å². The molecule has 0 aliphatic carbocycles. The Morgan fingerprint density at radius 1 is 1.30 bits per heavy atom. The summed E-state index contributed by atoms with van der Waals surface area (Å²) in [7, 11) is 0. The zero-order valence-corrected chi connectivity index (χ0v) is 13.6. The number of anilines is 1. The Labute approximate surface area is 137 Å². The number of benzene rings is 1. The zero-order chi connectivity index (χ0) is 16.2. The third kappa shape index (κ3) is 3.42. The van der Waals surface area contributed by atoms with E-state index in [1.165, 1.54) is 18.1 Å². The maximum Gasteiger partial charge on any atom is 0.237 e. The van der Waals surface area contributed by atoms with Crippen LogP contribution in [0.15, 0.2) is 41.8 Å². The monoisotopic (exact) mass is 328 g/mol. The first-order valence-corrected chi connectivity index (χ1v) is 8.03. The van der Waals surface area contributed by atoms with Gasteiger partial charge in [-0.15, -0.1) is 0 Å². The number of thioether (sulfide) groups is 1. The number of carbonyl (C=O) groups excluding carboxylic acids is 1. The lowest BCUT2D eigenvalue weighted by Gasteiger charge is -2.09. The second-order valence-corrected chi connectivity index (χ2v) is 5.85. The Morgan fingerprint density at radius 3 is 2.78 bits per heavy atom. The normalized spacial score (nSPS) is 10.7. The highest BCUT2D eigenvalue weighted by atomic mass is 32.2. The molecule has 0 fully saturated rings. The minimum Gasteiger partial charge on any atom is -0.294 e. The fourth-order valence-electron chi connectivity index (χ4n) is 2.12. The first kappa shape index (κ1) is 15.3. The van der Waals surface area contributed by atoms with E-state index >= 15 is 0 Å². The average molecular weight is 328 g/mol. The van der Waals surface area contributed by atoms with Crippen molar-refractivity contribution in [3.63, 3.8) is 0 Å². The zero-order valence-electron chi connectivity index (χ0n) is 12.8. The summed E-state index contributed by atoms with van der Waals surface area (Å²) in [6, 6.07) is 9.98. The number of hydrogen-bond acceptors (Lipinski definition) is 5. The van der Waals surface area contributed by atoms with Crippen LogP contribution in [0.5, 0.6) is 0 Å². The summed E-state index contributed by atoms with van der Waals surface area (Å²) in [5.41, 5.74) is 3.05. The Bertz CT molecular complexity index is 797. The molecule has 0 radical (unpaired) electrons. The van der Waals surface area contributed by atoms with E-state index in [-0.39, 0.29) is 11.7 Å². The number of rotatable bonds is 5. The third-order valence-electron chi connectivity index (χ3n) is 3.33. The van der Waals surface area contributed by atoms with Crippen molar-refractivity contribution in [2.45, 2.75) is 19.0 Å². The topological polar surface area (TPSA) is 88.5 Å². The molecule has 3 aromatic rings. The Morgan fingerprint density at radius 2 is 2.09 bits per heavy atom. The first-order chi connectivity index (χ1) is 11.1. The summed E-state index contributed by atoms with van der Waals surface area (Å²) in [6.07, 6.45) is 1.34. The van der Waals surface area contributed by atoms with Crippen LogP contribution in [0.25, 0.3) is 5.69 Å². The summed E-state index contributed by atoms with van der Waals surface area (Å²) < 4.78 is 2.06. The summed E-state index contributed by atoms with van der Waals surface area (Å²) in [6.45, 7) is 3.99. The SMILES string of the molecule is Cc1nc(SCC(=O)Nc2ncn[nH]2)n(-c2ccccc2)c1C. The molecule has 0 aliphatic heterocycles. The van der Waals surface area contributed by atoms with Crippen molar-refractivity contribution in [2.75, 3.05) is 11.1 Å². The van der Waals surface area contributed by atoms with Crippen molar-refractivity contribution < 1.29 is 4.79 Å². The number of imidazole rings is 1. The molecule has 3 rings (SSSR count). The number of amides is 1. The van der Waals surface area contributed by atoms with Gasteiger partial charge in [0.25, 0.3) is 0 Å². The highest BCUT2D eigenvalue weighted by Gasteiger charge is 2.15. The summed E-state index contributed by atoms with van der Waals surface area (Å²) in [5, 5.41) is 9.72. The van der Waals surface area contributed by atoms with Crippen molar-refractivity contribution >= 4 is 23.6 Å². The van der Waals surface area contributed by atoms with Gasteiger partial charge < -0.3 is 0 Å². The van der Waals surface area contributed by atoms with Gasteiger partial charge in [0.15, 0.2) is 5.16 Å². The number of para-hydroxylation sites is 1. The van der Waals surface area contributed by atoms with Gasteiger partial charge >= 0.3 is 0 Å². The molecule has 0 saturated heterocycles. The lowest BCUT2D eigenvalue weighted by Crippen LogP contribution is -2.15. The molecule has 2 heterocycles. The molecule has 1 aromatic carbocycles. The van der Waals surface area contributed by atoms with Crippen LogP contribution in [-0.4, -0.2) is 36.4 Å². The van der Waals surface area contributed by atoms with Gasteiger partial charge in [-0.25, -0.2) is 10.1 Å². The first-order valence-electron chi connectivity index (χ1n) is 7.04. The maximum atomic E-state index is 12.0. The second kappa shape index (κ2) is 6.66. The predicted molar refractivity (Wildman–Crippen MR) is 88.8 cm³/mol. The fraction of sp³-hybridized carbons (Fsp3) is 0.200. The van der Waals surface area contributed by atoms with Crippen LogP contribution in [-0.2, 0) is 4.79 Å². The fourth-order valence-corrected chi connectivity index (χ4v) is 3.03. The summed E-state index contributed by atoms with van der Waals surface area (Å²) in [4.78, 5) is 20.4. The molecule has 0 unspecified atom stereocenters. The molecular weight excluding hydrogens is 312 g/mol. The van der Waals surface area contributed by atoms with Gasteiger partial charge in [-0.2, -0.15) is 10.1 Å². The van der Waals surface area contributed by atoms with E-state index in [1.807, 2.05) is 44.2 Å². The molecule has 2 aromatic heterocycles. The van der Waals surface area contributed by atoms with E-state index in [0.717, 1.165) is 22.2 Å². The van der Waals surface area contributed by atoms with Gasteiger partial charge in [0, 0.05) is 11.4 Å². The van der Waals surface area contributed by atoms with Gasteiger partial charge in [0.05, 0.1) is 11.4 Å². The largest absolute Gasteiger partial charge is 0.294 e. The van der Waals surface area contributed by atoms with Crippen LogP contribution >= 0.6 is 11.8 Å². The highest BCUT2D eigenvalue weighted by molar-refractivity contribution is 7.99. The molecule has 0 spiro atoms. The standard InChI is InChI=1S/C15H16N6OS/c1-10-11(2)21(12-6-4-3-5-7-12)15(18-10)23-8-13(22)19-14-16-9-17-20-14/h3-7,9H,8H2,1-2H3,(H2,16,17,19,20,22). The number of H-pyrrole nitrogens is 1. The van der Waals surface area contributed by atoms with E-state index in [9.17, 15) is 4.79 Å². The van der Waals surface area contributed by atoms with Gasteiger partial charge in [-0.05, 0) is 26.0 Å². The van der Waals surface area contributed by atoms with E-state index in [2.05, 4.69) is 30.0 Å². The minimum atomic E-state index is -0.162.